The van der Waals surface area contributed by atoms with E-state index in [1.165, 1.54) is 6.07 Å². The van der Waals surface area contributed by atoms with Gasteiger partial charge in [-0.15, -0.1) is 0 Å². The maximum atomic E-state index is 13.4. The summed E-state index contributed by atoms with van der Waals surface area (Å²) in [5, 5.41) is 4.34. The summed E-state index contributed by atoms with van der Waals surface area (Å²) < 4.78 is 18.9. The molecule has 1 aromatic heterocycles. The smallest absolute Gasteiger partial charge is 0.134 e. The van der Waals surface area contributed by atoms with E-state index in [1.54, 1.807) is 19.3 Å². The average molecular weight is 255 g/mol. The van der Waals surface area contributed by atoms with Crippen molar-refractivity contribution in [2.45, 2.75) is 13.5 Å². The lowest BCUT2D eigenvalue weighted by atomic mass is 10.1. The minimum atomic E-state index is -0.193. The molecule has 3 aromatic rings. The molecule has 0 saturated heterocycles. The summed E-state index contributed by atoms with van der Waals surface area (Å²) in [4.78, 5) is 0. The first kappa shape index (κ1) is 11.8. The molecule has 0 bridgehead atoms. The Morgan fingerprint density at radius 2 is 1.95 bits per heavy atom. The van der Waals surface area contributed by atoms with E-state index in [0.29, 0.717) is 12.1 Å². The first-order valence-corrected chi connectivity index (χ1v) is 6.20. The SMILES string of the molecule is Cc1c(F)cccc1NCc1coc2ccccc12. The Kier molecular flexibility index (Phi) is 2.95. The highest BCUT2D eigenvalue weighted by Crippen LogP contribution is 2.23. The minimum Gasteiger partial charge on any atom is -0.464 e. The molecule has 19 heavy (non-hydrogen) atoms. The zero-order chi connectivity index (χ0) is 13.2. The lowest BCUT2D eigenvalue weighted by Crippen LogP contribution is -2.01. The first-order valence-electron chi connectivity index (χ1n) is 6.20. The Morgan fingerprint density at radius 3 is 2.84 bits per heavy atom. The number of hydrogen-bond acceptors (Lipinski definition) is 2. The van der Waals surface area contributed by atoms with Gasteiger partial charge in [-0.2, -0.15) is 0 Å². The van der Waals surface area contributed by atoms with Gasteiger partial charge in [0.2, 0.25) is 0 Å². The van der Waals surface area contributed by atoms with Gasteiger partial charge >= 0.3 is 0 Å². The summed E-state index contributed by atoms with van der Waals surface area (Å²) in [6.07, 6.45) is 1.74. The quantitative estimate of drug-likeness (QED) is 0.745. The van der Waals surface area contributed by atoms with E-state index in [1.807, 2.05) is 30.3 Å². The highest BCUT2D eigenvalue weighted by atomic mass is 19.1. The van der Waals surface area contributed by atoms with Crippen LogP contribution in [-0.4, -0.2) is 0 Å². The highest BCUT2D eigenvalue weighted by molar-refractivity contribution is 5.81. The van der Waals surface area contributed by atoms with Crippen LogP contribution >= 0.6 is 0 Å². The minimum absolute atomic E-state index is 0.193. The van der Waals surface area contributed by atoms with Crippen molar-refractivity contribution in [2.24, 2.45) is 0 Å². The van der Waals surface area contributed by atoms with E-state index in [0.717, 1.165) is 22.2 Å². The summed E-state index contributed by atoms with van der Waals surface area (Å²) in [5.74, 6) is -0.193. The molecule has 0 unspecified atom stereocenters. The molecule has 2 aromatic carbocycles. The molecule has 96 valence electrons. The Hall–Kier alpha value is -2.29. The van der Waals surface area contributed by atoms with Crippen LogP contribution in [0.4, 0.5) is 10.1 Å². The van der Waals surface area contributed by atoms with Crippen LogP contribution < -0.4 is 5.32 Å². The van der Waals surface area contributed by atoms with Gasteiger partial charge in [0.1, 0.15) is 11.4 Å². The number of fused-ring (bicyclic) bond motifs is 1. The van der Waals surface area contributed by atoms with E-state index in [4.69, 9.17) is 4.42 Å². The third kappa shape index (κ3) is 2.19. The second-order valence-electron chi connectivity index (χ2n) is 4.52. The molecule has 3 heteroatoms. The van der Waals surface area contributed by atoms with Gasteiger partial charge in [0.05, 0.1) is 6.26 Å². The summed E-state index contributed by atoms with van der Waals surface area (Å²) in [7, 11) is 0. The molecule has 0 fully saturated rings. The average Bonchev–Trinajstić information content (AvgIpc) is 2.84. The second-order valence-corrected chi connectivity index (χ2v) is 4.52. The number of halogens is 1. The van der Waals surface area contributed by atoms with Crippen LogP contribution in [0.2, 0.25) is 0 Å². The predicted octanol–water partition coefficient (Wildman–Crippen LogP) is 4.49. The summed E-state index contributed by atoms with van der Waals surface area (Å²) >= 11 is 0. The van der Waals surface area contributed by atoms with Gasteiger partial charge in [-0.1, -0.05) is 24.3 Å². The third-order valence-electron chi connectivity index (χ3n) is 3.30. The molecule has 0 spiro atoms. The Labute approximate surface area is 110 Å². The van der Waals surface area contributed by atoms with Crippen molar-refractivity contribution in [3.05, 3.63) is 65.7 Å². The number of nitrogens with one attached hydrogen (secondary N) is 1. The molecule has 0 amide bonds. The molecular weight excluding hydrogens is 241 g/mol. The van der Waals surface area contributed by atoms with E-state index >= 15 is 0 Å². The molecule has 0 aliphatic heterocycles. The summed E-state index contributed by atoms with van der Waals surface area (Å²) in [5.41, 5.74) is 3.38. The van der Waals surface area contributed by atoms with Gasteiger partial charge < -0.3 is 9.73 Å². The van der Waals surface area contributed by atoms with Crippen molar-refractivity contribution in [2.75, 3.05) is 5.32 Å². The standard InChI is InChI=1S/C16H14FNO/c1-11-14(17)6-4-7-15(11)18-9-12-10-19-16-8-3-2-5-13(12)16/h2-8,10,18H,9H2,1H3. The van der Waals surface area contributed by atoms with Crippen molar-refractivity contribution >= 4 is 16.7 Å². The van der Waals surface area contributed by atoms with Crippen LogP contribution in [0.5, 0.6) is 0 Å². The van der Waals surface area contributed by atoms with Crippen molar-refractivity contribution in [3.8, 4) is 0 Å². The maximum Gasteiger partial charge on any atom is 0.134 e. The van der Waals surface area contributed by atoms with Gasteiger partial charge in [0.15, 0.2) is 0 Å². The number of furan rings is 1. The normalized spacial score (nSPS) is 10.8. The zero-order valence-corrected chi connectivity index (χ0v) is 10.6. The van der Waals surface area contributed by atoms with Crippen molar-refractivity contribution in [1.29, 1.82) is 0 Å². The van der Waals surface area contributed by atoms with Gasteiger partial charge in [-0.25, -0.2) is 4.39 Å². The topological polar surface area (TPSA) is 25.2 Å². The molecule has 1 heterocycles. The highest BCUT2D eigenvalue weighted by Gasteiger charge is 2.06. The van der Waals surface area contributed by atoms with Gasteiger partial charge in [-0.05, 0) is 25.1 Å². The fourth-order valence-corrected chi connectivity index (χ4v) is 2.16. The van der Waals surface area contributed by atoms with Crippen LogP contribution in [0.25, 0.3) is 11.0 Å². The number of benzene rings is 2. The molecule has 0 aliphatic carbocycles. The lowest BCUT2D eigenvalue weighted by molar-refractivity contribution is 0.611. The van der Waals surface area contributed by atoms with E-state index in [-0.39, 0.29) is 5.82 Å². The molecule has 0 aliphatic rings. The number of anilines is 1. The predicted molar refractivity (Wildman–Crippen MR) is 74.7 cm³/mol. The van der Waals surface area contributed by atoms with E-state index < -0.39 is 0 Å². The molecule has 0 radical (unpaired) electrons. The Bertz CT molecular complexity index is 718. The summed E-state index contributed by atoms with van der Waals surface area (Å²) in [6, 6.07) is 12.9. The second kappa shape index (κ2) is 4.76. The number of rotatable bonds is 3. The van der Waals surface area contributed by atoms with Crippen molar-refractivity contribution in [1.82, 2.24) is 0 Å². The molecule has 1 N–H and O–H groups in total. The van der Waals surface area contributed by atoms with Crippen molar-refractivity contribution < 1.29 is 8.81 Å². The van der Waals surface area contributed by atoms with Crippen LogP contribution in [0.1, 0.15) is 11.1 Å². The van der Waals surface area contributed by atoms with Crippen LogP contribution in [0.15, 0.2) is 53.1 Å². The van der Waals surface area contributed by atoms with Crippen molar-refractivity contribution in [3.63, 3.8) is 0 Å². The molecule has 3 rings (SSSR count). The lowest BCUT2D eigenvalue weighted by Gasteiger charge is -2.09. The molecule has 0 atom stereocenters. The van der Waals surface area contributed by atoms with E-state index in [9.17, 15) is 4.39 Å². The fraction of sp³-hybridized carbons (Fsp3) is 0.125. The van der Waals surface area contributed by atoms with Crippen LogP contribution in [0, 0.1) is 12.7 Å². The summed E-state index contributed by atoms with van der Waals surface area (Å²) in [6.45, 7) is 2.38. The largest absolute Gasteiger partial charge is 0.464 e. The number of hydrogen-bond donors (Lipinski definition) is 1. The van der Waals surface area contributed by atoms with Gasteiger partial charge in [0, 0.05) is 28.7 Å². The number of para-hydroxylation sites is 1. The van der Waals surface area contributed by atoms with Gasteiger partial charge in [-0.3, -0.25) is 0 Å². The Morgan fingerprint density at radius 1 is 1.11 bits per heavy atom. The zero-order valence-electron chi connectivity index (χ0n) is 10.6. The molecule has 0 saturated carbocycles. The van der Waals surface area contributed by atoms with E-state index in [2.05, 4.69) is 5.32 Å². The molecular formula is C16H14FNO. The van der Waals surface area contributed by atoms with Crippen LogP contribution in [0.3, 0.4) is 0 Å². The maximum absolute atomic E-state index is 13.4. The third-order valence-corrected chi connectivity index (χ3v) is 3.30. The Balaban J connectivity index is 1.84. The first-order chi connectivity index (χ1) is 9.25. The monoisotopic (exact) mass is 255 g/mol. The van der Waals surface area contributed by atoms with Crippen LogP contribution in [-0.2, 0) is 6.54 Å². The molecule has 2 nitrogen and oxygen atoms in total. The van der Waals surface area contributed by atoms with Gasteiger partial charge in [0.25, 0.3) is 0 Å². The fourth-order valence-electron chi connectivity index (χ4n) is 2.16.